The van der Waals surface area contributed by atoms with Crippen LogP contribution >= 0.6 is 0 Å². The van der Waals surface area contributed by atoms with Crippen LogP contribution in [0, 0.1) is 0 Å². The van der Waals surface area contributed by atoms with E-state index in [0.29, 0.717) is 0 Å². The normalized spacial score (nSPS) is 11.1. The van der Waals surface area contributed by atoms with Crippen LogP contribution < -0.4 is 34.9 Å². The van der Waals surface area contributed by atoms with Gasteiger partial charge in [0.15, 0.2) is 0 Å². The molecular formula is C10H20NNaO4. The monoisotopic (exact) mass is 241 g/mol. The number of hydrogen-bond acceptors (Lipinski definition) is 4. The summed E-state index contributed by atoms with van der Waals surface area (Å²) in [5, 5.41) is 1.97. The minimum atomic E-state index is -0.809. The number of nitrogens with one attached hydrogen (secondary N) is 1. The Kier molecular flexibility index (Phi) is 7.32. The Morgan fingerprint density at radius 1 is 0.875 bits per heavy atom. The number of imide groups is 1. The molecule has 16 heavy (non-hydrogen) atoms. The molecule has 0 saturated heterocycles. The predicted octanol–water partition coefficient (Wildman–Crippen LogP) is -0.437. The van der Waals surface area contributed by atoms with E-state index in [9.17, 15) is 9.59 Å². The first-order valence-corrected chi connectivity index (χ1v) is 4.72. The molecule has 0 aromatic rings. The quantitative estimate of drug-likeness (QED) is 0.584. The van der Waals surface area contributed by atoms with Gasteiger partial charge in [0, 0.05) is 0 Å². The average Bonchev–Trinajstić information content (AvgIpc) is 1.73. The molecule has 0 aromatic heterocycles. The third kappa shape index (κ3) is 11.8. The first-order valence-electron chi connectivity index (χ1n) is 4.72. The summed E-state index contributed by atoms with van der Waals surface area (Å²) in [6.45, 7) is 10.3. The second-order valence-corrected chi connectivity index (χ2v) is 5.13. The third-order valence-corrected chi connectivity index (χ3v) is 1.00. The zero-order chi connectivity index (χ0) is 12.3. The summed E-state index contributed by atoms with van der Waals surface area (Å²) in [7, 11) is 0. The van der Waals surface area contributed by atoms with E-state index >= 15 is 0 Å². The summed E-state index contributed by atoms with van der Waals surface area (Å²) in [5.41, 5.74) is -1.27. The van der Waals surface area contributed by atoms with Crippen LogP contribution in [0.3, 0.4) is 0 Å². The van der Waals surface area contributed by atoms with Crippen LogP contribution in [0.25, 0.3) is 0 Å². The third-order valence-electron chi connectivity index (χ3n) is 1.00. The van der Waals surface area contributed by atoms with Crippen molar-refractivity contribution in [2.45, 2.75) is 52.7 Å². The SMILES string of the molecule is CC(C)(C)OC(=O)NC(=O)OC(C)(C)C.[H-].[Na+]. The summed E-state index contributed by atoms with van der Waals surface area (Å²) in [5.74, 6) is 0. The first-order chi connectivity index (χ1) is 6.49. The van der Waals surface area contributed by atoms with Crippen LogP contribution in [0.4, 0.5) is 9.59 Å². The standard InChI is InChI=1S/C10H19NO4.Na.H/c1-9(2,3)14-7(12)11-8(13)15-10(4,5)6;;/h1-6H3,(H,11,12,13);;/q;+1;-1. The zero-order valence-corrected chi connectivity index (χ0v) is 13.1. The van der Waals surface area contributed by atoms with E-state index in [4.69, 9.17) is 9.47 Å². The average molecular weight is 241 g/mol. The molecule has 0 heterocycles. The predicted molar refractivity (Wildman–Crippen MR) is 56.7 cm³/mol. The largest absolute Gasteiger partial charge is 1.00 e. The number of rotatable bonds is 0. The van der Waals surface area contributed by atoms with Gasteiger partial charge in [-0.1, -0.05) is 0 Å². The van der Waals surface area contributed by atoms with Crippen LogP contribution in [-0.2, 0) is 9.47 Å². The summed E-state index contributed by atoms with van der Waals surface area (Å²) in [4.78, 5) is 22.2. The summed E-state index contributed by atoms with van der Waals surface area (Å²) in [6.07, 6.45) is -1.62. The molecule has 0 aliphatic heterocycles. The van der Waals surface area contributed by atoms with E-state index in [2.05, 4.69) is 0 Å². The van der Waals surface area contributed by atoms with E-state index in [1.807, 2.05) is 5.32 Å². The van der Waals surface area contributed by atoms with Crippen molar-refractivity contribution in [1.82, 2.24) is 5.32 Å². The van der Waals surface area contributed by atoms with E-state index in [1.165, 1.54) is 0 Å². The van der Waals surface area contributed by atoms with Crippen LogP contribution in [0.15, 0.2) is 0 Å². The van der Waals surface area contributed by atoms with Gasteiger partial charge in [0.1, 0.15) is 11.2 Å². The van der Waals surface area contributed by atoms with Crippen molar-refractivity contribution in [3.05, 3.63) is 0 Å². The smallest absolute Gasteiger partial charge is 1.00 e. The van der Waals surface area contributed by atoms with Gasteiger partial charge in [-0.05, 0) is 41.5 Å². The minimum absolute atomic E-state index is 0. The van der Waals surface area contributed by atoms with Crippen LogP contribution in [-0.4, -0.2) is 23.4 Å². The van der Waals surface area contributed by atoms with Crippen molar-refractivity contribution in [3.8, 4) is 0 Å². The van der Waals surface area contributed by atoms with Gasteiger partial charge in [0.2, 0.25) is 0 Å². The van der Waals surface area contributed by atoms with Gasteiger partial charge in [-0.3, -0.25) is 0 Å². The van der Waals surface area contributed by atoms with Crippen molar-refractivity contribution >= 4 is 12.2 Å². The maximum absolute atomic E-state index is 11.1. The van der Waals surface area contributed by atoms with Crippen molar-refractivity contribution in [2.24, 2.45) is 0 Å². The van der Waals surface area contributed by atoms with E-state index in [1.54, 1.807) is 41.5 Å². The summed E-state index contributed by atoms with van der Waals surface area (Å²) in [6, 6.07) is 0. The molecule has 0 saturated carbocycles. The van der Waals surface area contributed by atoms with Gasteiger partial charge in [-0.25, -0.2) is 14.9 Å². The van der Waals surface area contributed by atoms with E-state index in [0.717, 1.165) is 0 Å². The number of ether oxygens (including phenoxy) is 2. The topological polar surface area (TPSA) is 64.6 Å². The molecule has 5 nitrogen and oxygen atoms in total. The Labute approximate surface area is 120 Å². The second kappa shape index (κ2) is 6.47. The maximum Gasteiger partial charge on any atom is 1.00 e. The molecule has 0 spiro atoms. The Morgan fingerprint density at radius 2 is 1.12 bits per heavy atom. The molecule has 1 N–H and O–H groups in total. The number of amides is 2. The van der Waals surface area contributed by atoms with Crippen LogP contribution in [0.5, 0.6) is 0 Å². The van der Waals surface area contributed by atoms with E-state index in [-0.39, 0.29) is 31.0 Å². The molecule has 0 radical (unpaired) electrons. The van der Waals surface area contributed by atoms with Gasteiger partial charge in [0.05, 0.1) is 0 Å². The second-order valence-electron chi connectivity index (χ2n) is 5.13. The molecule has 0 fully saturated rings. The molecule has 0 bridgehead atoms. The van der Waals surface area contributed by atoms with Gasteiger partial charge in [-0.15, -0.1) is 0 Å². The number of alkyl carbamates (subject to hydrolysis) is 2. The number of hydrogen-bond donors (Lipinski definition) is 1. The molecule has 0 rings (SSSR count). The first kappa shape index (κ1) is 18.1. The van der Waals surface area contributed by atoms with Crippen molar-refractivity contribution in [2.75, 3.05) is 0 Å². The van der Waals surface area contributed by atoms with Crippen LogP contribution in [0.2, 0.25) is 0 Å². The van der Waals surface area contributed by atoms with Gasteiger partial charge >= 0.3 is 41.7 Å². The Balaban J connectivity index is -0.000000980. The molecule has 2 amide bonds. The van der Waals surface area contributed by atoms with Crippen molar-refractivity contribution in [3.63, 3.8) is 0 Å². The molecular weight excluding hydrogens is 221 g/mol. The molecule has 90 valence electrons. The Bertz CT molecular complexity index is 232. The van der Waals surface area contributed by atoms with Crippen molar-refractivity contribution < 1.29 is 50.0 Å². The fourth-order valence-corrected chi connectivity index (χ4v) is 0.691. The minimum Gasteiger partial charge on any atom is -1.00 e. The van der Waals surface area contributed by atoms with Gasteiger partial charge in [0.25, 0.3) is 0 Å². The van der Waals surface area contributed by atoms with E-state index < -0.39 is 23.4 Å². The summed E-state index contributed by atoms with van der Waals surface area (Å²) < 4.78 is 9.74. The number of carbonyl (C=O) groups excluding carboxylic acids is 2. The van der Waals surface area contributed by atoms with Crippen LogP contribution in [0.1, 0.15) is 43.0 Å². The molecule has 0 atom stereocenters. The number of carbonyl (C=O) groups is 2. The molecule has 0 aromatic carbocycles. The molecule has 0 aliphatic carbocycles. The van der Waals surface area contributed by atoms with Crippen molar-refractivity contribution in [1.29, 1.82) is 0 Å². The fourth-order valence-electron chi connectivity index (χ4n) is 0.691. The molecule has 0 aliphatic rings. The Morgan fingerprint density at radius 3 is 1.31 bits per heavy atom. The fraction of sp³-hybridized carbons (Fsp3) is 0.800. The maximum atomic E-state index is 11.1. The molecule has 0 unspecified atom stereocenters. The zero-order valence-electron chi connectivity index (χ0n) is 12.1. The van der Waals surface area contributed by atoms with Gasteiger partial charge < -0.3 is 10.9 Å². The van der Waals surface area contributed by atoms with Gasteiger partial charge in [-0.2, -0.15) is 0 Å². The molecule has 6 heteroatoms. The summed E-state index contributed by atoms with van der Waals surface area (Å²) >= 11 is 0. The Hall–Kier alpha value is -0.260.